The summed E-state index contributed by atoms with van der Waals surface area (Å²) in [7, 11) is 0. The average molecular weight is 926 g/mol. The topological polar surface area (TPSA) is 206 Å². The number of aromatic nitrogens is 6. The SMILES string of the molecule is Cc1ncsc1-c1ccc(CNC(=O)[C@@H]2C[C@@H](O)CN2C(=O)C(NC(=O)CN2CCC(c3cc(N4CCC(c5c[nH]c6nnc(-c7ccccc7O)cc56)CC4)ncn3)CC2)C(C)(C)C)cc1. The van der Waals surface area contributed by atoms with Gasteiger partial charge in [-0.1, -0.05) is 57.2 Å². The molecule has 3 fully saturated rings. The highest BCUT2D eigenvalue weighted by atomic mass is 32.1. The molecule has 17 heteroatoms. The maximum absolute atomic E-state index is 14.2. The van der Waals surface area contributed by atoms with Gasteiger partial charge in [-0.25, -0.2) is 15.0 Å². The van der Waals surface area contributed by atoms with Crippen molar-refractivity contribution in [3.05, 3.63) is 101 Å². The number of anilines is 1. The van der Waals surface area contributed by atoms with Crippen LogP contribution in [0.4, 0.5) is 5.82 Å². The van der Waals surface area contributed by atoms with E-state index in [-0.39, 0.29) is 55.4 Å². The minimum Gasteiger partial charge on any atom is -0.507 e. The quantitative estimate of drug-likeness (QED) is 0.0970. The number of hydrogen-bond donors (Lipinski definition) is 5. The number of rotatable bonds is 12. The van der Waals surface area contributed by atoms with Gasteiger partial charge in [-0.05, 0) is 91.9 Å². The lowest BCUT2D eigenvalue weighted by atomic mass is 9.85. The number of carbonyl (C=O) groups excluding carboxylic acids is 3. The normalized spacial score (nSPS) is 19.2. The number of likely N-dealkylation sites (tertiary alicyclic amines) is 2. The third kappa shape index (κ3) is 10.2. The van der Waals surface area contributed by atoms with Gasteiger partial charge < -0.3 is 35.6 Å². The molecule has 6 aromatic rings. The molecule has 0 radical (unpaired) electrons. The first-order chi connectivity index (χ1) is 32.3. The van der Waals surface area contributed by atoms with E-state index in [0.717, 1.165) is 83.0 Å². The van der Waals surface area contributed by atoms with Crippen LogP contribution in [0.1, 0.15) is 87.2 Å². The first kappa shape index (κ1) is 45.8. The van der Waals surface area contributed by atoms with Crippen molar-refractivity contribution in [1.82, 2.24) is 50.6 Å². The number of aryl methyl sites for hydroxylation is 1. The standard InChI is InChI=1S/C50H59N11O5S/c1-30-45(67-29-55-30)34-11-9-31(10-12-34)24-52-48(65)41-21-35(62)26-61(41)49(66)46(50(2,3)4)56-44(64)27-59-17-13-33(14-18-59)39-23-43(54-28-53-39)60-19-15-32(16-20-60)38-25-51-47-37(38)22-40(57-58-47)36-7-5-6-8-42(36)63/h5-12,22-23,25,28-29,32-33,35,41,46,62-63H,13-21,24,26-27H2,1-4H3,(H,51,58)(H,52,65)(H,56,64)/t35-,41+,46?/m1/s1. The van der Waals surface area contributed by atoms with Crippen LogP contribution in [0.15, 0.2) is 78.7 Å². The minimum atomic E-state index is -0.898. The number of aromatic amines is 1. The summed E-state index contributed by atoms with van der Waals surface area (Å²) in [4.78, 5) is 65.5. The van der Waals surface area contributed by atoms with Crippen molar-refractivity contribution >= 4 is 45.9 Å². The molecular formula is C50H59N11O5S. The number of aliphatic hydroxyl groups is 1. The second-order valence-electron chi connectivity index (χ2n) is 19.3. The average Bonchev–Trinajstić information content (AvgIpc) is 4.08. The summed E-state index contributed by atoms with van der Waals surface area (Å²) < 4.78 is 0. The Morgan fingerprint density at radius 3 is 2.39 bits per heavy atom. The molecule has 3 aliphatic rings. The smallest absolute Gasteiger partial charge is 0.246 e. The summed E-state index contributed by atoms with van der Waals surface area (Å²) in [5, 5.41) is 36.9. The number of amides is 3. The van der Waals surface area contributed by atoms with Crippen molar-refractivity contribution in [1.29, 1.82) is 0 Å². The van der Waals surface area contributed by atoms with E-state index in [1.54, 1.807) is 29.8 Å². The number of aromatic hydroxyl groups is 1. The molecule has 1 unspecified atom stereocenters. The number of nitrogens with one attached hydrogen (secondary N) is 3. The number of carbonyl (C=O) groups is 3. The number of nitrogens with zero attached hydrogens (tertiary/aromatic N) is 8. The summed E-state index contributed by atoms with van der Waals surface area (Å²) in [5.41, 5.74) is 8.37. The number of H-pyrrole nitrogens is 1. The van der Waals surface area contributed by atoms with E-state index in [4.69, 9.17) is 4.98 Å². The minimum absolute atomic E-state index is 0.0173. The molecule has 2 aromatic carbocycles. The van der Waals surface area contributed by atoms with Crippen LogP contribution in [-0.2, 0) is 20.9 Å². The van der Waals surface area contributed by atoms with Gasteiger partial charge in [0.1, 0.15) is 30.0 Å². The lowest BCUT2D eigenvalue weighted by Gasteiger charge is -2.36. The molecule has 0 aliphatic carbocycles. The number of piperidine rings is 2. The predicted molar refractivity (Wildman–Crippen MR) is 257 cm³/mol. The van der Waals surface area contributed by atoms with E-state index >= 15 is 0 Å². The summed E-state index contributed by atoms with van der Waals surface area (Å²) in [6, 6.07) is 17.5. The van der Waals surface area contributed by atoms with Gasteiger partial charge in [-0.3, -0.25) is 19.3 Å². The number of hydrogen-bond acceptors (Lipinski definition) is 13. The molecule has 0 saturated carbocycles. The Kier molecular flexibility index (Phi) is 13.3. The fraction of sp³-hybridized carbons (Fsp3) is 0.440. The highest BCUT2D eigenvalue weighted by molar-refractivity contribution is 7.13. The van der Waals surface area contributed by atoms with E-state index in [1.807, 2.05) is 81.9 Å². The molecule has 7 heterocycles. The van der Waals surface area contributed by atoms with Gasteiger partial charge >= 0.3 is 0 Å². The molecule has 3 saturated heterocycles. The molecule has 4 aromatic heterocycles. The lowest BCUT2D eigenvalue weighted by Crippen LogP contribution is -2.58. The Balaban J connectivity index is 0.759. The lowest BCUT2D eigenvalue weighted by molar-refractivity contribution is -0.144. The van der Waals surface area contributed by atoms with Crippen LogP contribution >= 0.6 is 11.3 Å². The summed E-state index contributed by atoms with van der Waals surface area (Å²) >= 11 is 1.58. The van der Waals surface area contributed by atoms with Crippen molar-refractivity contribution < 1.29 is 24.6 Å². The molecular weight excluding hydrogens is 867 g/mol. The van der Waals surface area contributed by atoms with Gasteiger partial charge in [0.15, 0.2) is 5.65 Å². The molecule has 3 amide bonds. The van der Waals surface area contributed by atoms with Gasteiger partial charge in [0.25, 0.3) is 0 Å². The van der Waals surface area contributed by atoms with Crippen LogP contribution in [0.25, 0.3) is 32.7 Å². The van der Waals surface area contributed by atoms with E-state index < -0.39 is 23.6 Å². The molecule has 3 atom stereocenters. The van der Waals surface area contributed by atoms with Crippen molar-refractivity contribution in [2.75, 3.05) is 44.2 Å². The number of para-hydroxylation sites is 1. The van der Waals surface area contributed by atoms with Crippen LogP contribution < -0.4 is 15.5 Å². The zero-order chi connectivity index (χ0) is 46.8. The number of fused-ring (bicyclic) bond motifs is 1. The van der Waals surface area contributed by atoms with Crippen LogP contribution in [0.5, 0.6) is 5.75 Å². The van der Waals surface area contributed by atoms with Gasteiger partial charge in [-0.15, -0.1) is 21.5 Å². The van der Waals surface area contributed by atoms with Crippen molar-refractivity contribution in [3.63, 3.8) is 0 Å². The molecule has 67 heavy (non-hydrogen) atoms. The van der Waals surface area contributed by atoms with Crippen LogP contribution in [0, 0.1) is 12.3 Å². The summed E-state index contributed by atoms with van der Waals surface area (Å²) in [6.45, 7) is 11.2. The third-order valence-electron chi connectivity index (χ3n) is 13.7. The van der Waals surface area contributed by atoms with E-state index in [9.17, 15) is 24.6 Å². The second-order valence-corrected chi connectivity index (χ2v) is 20.2. The Morgan fingerprint density at radius 1 is 0.925 bits per heavy atom. The maximum atomic E-state index is 14.2. The predicted octanol–water partition coefficient (Wildman–Crippen LogP) is 5.92. The molecule has 16 nitrogen and oxygen atoms in total. The van der Waals surface area contributed by atoms with Crippen LogP contribution in [0.2, 0.25) is 0 Å². The molecule has 9 rings (SSSR count). The van der Waals surface area contributed by atoms with E-state index in [0.29, 0.717) is 30.3 Å². The van der Waals surface area contributed by atoms with Crippen LogP contribution in [0.3, 0.4) is 0 Å². The Morgan fingerprint density at radius 2 is 1.67 bits per heavy atom. The Labute approximate surface area is 394 Å². The monoisotopic (exact) mass is 925 g/mol. The number of β-amino-alcohol motifs (C(OH)–C–C–N with tert-alkyl or cyclic N) is 1. The molecule has 0 spiro atoms. The van der Waals surface area contributed by atoms with Crippen molar-refractivity contribution in [2.45, 2.75) is 96.4 Å². The number of phenols is 1. The molecule has 5 N–H and O–H groups in total. The highest BCUT2D eigenvalue weighted by Crippen LogP contribution is 2.37. The zero-order valence-electron chi connectivity index (χ0n) is 38.5. The van der Waals surface area contributed by atoms with Crippen LogP contribution in [-0.4, -0.2) is 125 Å². The largest absolute Gasteiger partial charge is 0.507 e. The fourth-order valence-corrected chi connectivity index (χ4v) is 10.7. The van der Waals surface area contributed by atoms with Crippen molar-refractivity contribution in [3.8, 4) is 27.4 Å². The molecule has 0 bridgehead atoms. The molecule has 350 valence electrons. The van der Waals surface area contributed by atoms with Gasteiger partial charge in [0, 0.05) is 67.4 Å². The second kappa shape index (κ2) is 19.5. The molecule has 3 aliphatic heterocycles. The third-order valence-corrected chi connectivity index (χ3v) is 14.6. The number of aliphatic hydroxyl groups excluding tert-OH is 1. The van der Waals surface area contributed by atoms with Crippen molar-refractivity contribution in [2.24, 2.45) is 5.41 Å². The summed E-state index contributed by atoms with van der Waals surface area (Å²) in [5.74, 6) is 0.690. The van der Waals surface area contributed by atoms with Gasteiger partial charge in [-0.2, -0.15) is 0 Å². The Hall–Kier alpha value is -6.30. The number of phenolic OH excluding ortho intramolecular Hbond substituents is 1. The zero-order valence-corrected chi connectivity index (χ0v) is 39.3. The maximum Gasteiger partial charge on any atom is 0.246 e. The first-order valence-corrected chi connectivity index (χ1v) is 24.1. The number of benzene rings is 2. The van der Waals surface area contributed by atoms with E-state index in [1.165, 1.54) is 10.5 Å². The Bertz CT molecular complexity index is 2720. The van der Waals surface area contributed by atoms with Gasteiger partial charge in [0.2, 0.25) is 17.7 Å². The number of thiazole rings is 1. The highest BCUT2D eigenvalue weighted by Gasteiger charge is 2.44. The summed E-state index contributed by atoms with van der Waals surface area (Å²) in [6.07, 6.45) is 6.54. The van der Waals surface area contributed by atoms with Gasteiger partial charge in [0.05, 0.1) is 34.4 Å². The first-order valence-electron chi connectivity index (χ1n) is 23.3. The fourth-order valence-electron chi connectivity index (χ4n) is 9.86. The van der Waals surface area contributed by atoms with E-state index in [2.05, 4.69) is 51.6 Å².